The van der Waals surface area contributed by atoms with Gasteiger partial charge in [0.05, 0.1) is 17.5 Å². The number of fused-ring (bicyclic) bond motifs is 1. The van der Waals surface area contributed by atoms with Gasteiger partial charge in [-0.3, -0.25) is 14.7 Å². The number of hydrogen-bond donors (Lipinski definition) is 0. The summed E-state index contributed by atoms with van der Waals surface area (Å²) in [5.41, 5.74) is 1.77. The van der Waals surface area contributed by atoms with Crippen LogP contribution in [0.1, 0.15) is 24.2 Å². The van der Waals surface area contributed by atoms with E-state index in [1.165, 1.54) is 5.57 Å². The Labute approximate surface area is 143 Å². The van der Waals surface area contributed by atoms with Gasteiger partial charge in [0.15, 0.2) is 9.84 Å². The standard InChI is InChI=1S/C17H23N3O3S/c1-13(2)5-8-19-9-10-20(16-12-24(22,23)11-15(16)19)17(21)14-3-6-18-7-4-14/h3-7,15-16H,8-12H2,1-2H3/t15-,16+/m0/s1. The van der Waals surface area contributed by atoms with E-state index in [-0.39, 0.29) is 29.5 Å². The lowest BCUT2D eigenvalue weighted by Crippen LogP contribution is -2.60. The second-order valence-electron chi connectivity index (χ2n) is 6.72. The van der Waals surface area contributed by atoms with Crippen molar-refractivity contribution in [2.45, 2.75) is 25.9 Å². The van der Waals surface area contributed by atoms with Crippen LogP contribution in [-0.4, -0.2) is 72.3 Å². The summed E-state index contributed by atoms with van der Waals surface area (Å²) >= 11 is 0. The highest BCUT2D eigenvalue weighted by Gasteiger charge is 2.47. The third kappa shape index (κ3) is 3.52. The lowest BCUT2D eigenvalue weighted by molar-refractivity contribution is 0.0368. The monoisotopic (exact) mass is 349 g/mol. The van der Waals surface area contributed by atoms with Gasteiger partial charge in [-0.25, -0.2) is 8.42 Å². The van der Waals surface area contributed by atoms with Crippen LogP contribution < -0.4 is 0 Å². The quantitative estimate of drug-likeness (QED) is 0.761. The molecule has 2 atom stereocenters. The smallest absolute Gasteiger partial charge is 0.254 e. The number of allylic oxidation sites excluding steroid dienone is 1. The number of hydrogen-bond acceptors (Lipinski definition) is 5. The summed E-state index contributed by atoms with van der Waals surface area (Å²) < 4.78 is 24.4. The molecule has 0 saturated carbocycles. The number of sulfone groups is 1. The summed E-state index contributed by atoms with van der Waals surface area (Å²) in [6.07, 6.45) is 5.28. The molecule has 0 N–H and O–H groups in total. The molecule has 3 heterocycles. The highest BCUT2D eigenvalue weighted by atomic mass is 32.2. The van der Waals surface area contributed by atoms with Crippen molar-refractivity contribution < 1.29 is 13.2 Å². The molecular weight excluding hydrogens is 326 g/mol. The maximum absolute atomic E-state index is 12.8. The van der Waals surface area contributed by atoms with Crippen LogP contribution >= 0.6 is 0 Å². The van der Waals surface area contributed by atoms with E-state index in [2.05, 4.69) is 16.0 Å². The molecule has 0 unspecified atom stereocenters. The average Bonchev–Trinajstić information content (AvgIpc) is 2.87. The second kappa shape index (κ2) is 6.64. The Morgan fingerprint density at radius 3 is 2.54 bits per heavy atom. The molecule has 130 valence electrons. The van der Waals surface area contributed by atoms with E-state index < -0.39 is 9.84 Å². The van der Waals surface area contributed by atoms with E-state index in [1.807, 2.05) is 13.8 Å². The normalized spacial score (nSPS) is 26.0. The predicted molar refractivity (Wildman–Crippen MR) is 92.5 cm³/mol. The molecule has 0 aliphatic carbocycles. The molecule has 1 aromatic heterocycles. The van der Waals surface area contributed by atoms with Gasteiger partial charge in [0, 0.05) is 43.6 Å². The summed E-state index contributed by atoms with van der Waals surface area (Å²) in [6, 6.07) is 2.97. The summed E-state index contributed by atoms with van der Waals surface area (Å²) in [6.45, 7) is 6.04. The van der Waals surface area contributed by atoms with Gasteiger partial charge in [-0.2, -0.15) is 0 Å². The van der Waals surface area contributed by atoms with Gasteiger partial charge in [-0.05, 0) is 26.0 Å². The summed E-state index contributed by atoms with van der Waals surface area (Å²) in [5, 5.41) is 0. The Kier molecular flexibility index (Phi) is 4.73. The minimum absolute atomic E-state index is 0.0554. The molecule has 2 saturated heterocycles. The van der Waals surface area contributed by atoms with Crippen LogP contribution in [0.25, 0.3) is 0 Å². The van der Waals surface area contributed by atoms with Gasteiger partial charge in [0.25, 0.3) is 5.91 Å². The average molecular weight is 349 g/mol. The first-order valence-electron chi connectivity index (χ1n) is 8.16. The van der Waals surface area contributed by atoms with Crippen molar-refractivity contribution in [3.8, 4) is 0 Å². The highest BCUT2D eigenvalue weighted by molar-refractivity contribution is 7.91. The predicted octanol–water partition coefficient (Wildman–Crippen LogP) is 0.971. The Hall–Kier alpha value is -1.73. The number of piperazine rings is 1. The molecule has 2 aliphatic rings. The SMILES string of the molecule is CC(C)=CCN1CCN(C(=O)c2ccncc2)[C@@H]2CS(=O)(=O)C[C@@H]21. The summed E-state index contributed by atoms with van der Waals surface area (Å²) in [5.74, 6) is 0.0835. The first-order valence-corrected chi connectivity index (χ1v) is 9.98. The molecule has 0 aromatic carbocycles. The molecule has 2 fully saturated rings. The van der Waals surface area contributed by atoms with Crippen LogP contribution in [0, 0.1) is 0 Å². The van der Waals surface area contributed by atoms with Gasteiger partial charge in [-0.1, -0.05) is 11.6 Å². The van der Waals surface area contributed by atoms with Crippen molar-refractivity contribution in [3.63, 3.8) is 0 Å². The maximum atomic E-state index is 12.8. The van der Waals surface area contributed by atoms with E-state index in [0.29, 0.717) is 18.7 Å². The summed E-state index contributed by atoms with van der Waals surface area (Å²) in [4.78, 5) is 20.7. The number of amides is 1. The molecule has 3 rings (SSSR count). The van der Waals surface area contributed by atoms with Crippen LogP contribution in [0.5, 0.6) is 0 Å². The van der Waals surface area contributed by atoms with Crippen molar-refractivity contribution in [2.24, 2.45) is 0 Å². The van der Waals surface area contributed by atoms with Gasteiger partial charge in [0.1, 0.15) is 0 Å². The minimum Gasteiger partial charge on any atom is -0.332 e. The zero-order valence-electron chi connectivity index (χ0n) is 14.1. The molecule has 2 aliphatic heterocycles. The fourth-order valence-electron chi connectivity index (χ4n) is 3.46. The largest absolute Gasteiger partial charge is 0.332 e. The Bertz CT molecular complexity index is 742. The molecule has 1 amide bonds. The molecule has 6 nitrogen and oxygen atoms in total. The molecule has 0 radical (unpaired) electrons. The van der Waals surface area contributed by atoms with Crippen molar-refractivity contribution in [2.75, 3.05) is 31.1 Å². The Morgan fingerprint density at radius 2 is 1.88 bits per heavy atom. The van der Waals surface area contributed by atoms with Gasteiger partial charge in [0.2, 0.25) is 0 Å². The third-order valence-electron chi connectivity index (χ3n) is 4.71. The number of nitrogens with zero attached hydrogens (tertiary/aromatic N) is 3. The molecule has 0 bridgehead atoms. The van der Waals surface area contributed by atoms with E-state index in [1.54, 1.807) is 29.4 Å². The van der Waals surface area contributed by atoms with Gasteiger partial charge < -0.3 is 4.90 Å². The van der Waals surface area contributed by atoms with Crippen LogP contribution in [0.3, 0.4) is 0 Å². The van der Waals surface area contributed by atoms with Crippen LogP contribution in [-0.2, 0) is 9.84 Å². The number of rotatable bonds is 3. The minimum atomic E-state index is -3.12. The number of carbonyl (C=O) groups excluding carboxylic acids is 1. The topological polar surface area (TPSA) is 70.6 Å². The Balaban J connectivity index is 1.84. The zero-order valence-corrected chi connectivity index (χ0v) is 14.9. The highest BCUT2D eigenvalue weighted by Crippen LogP contribution is 2.28. The molecular formula is C17H23N3O3S. The van der Waals surface area contributed by atoms with Crippen LogP contribution in [0.4, 0.5) is 0 Å². The zero-order chi connectivity index (χ0) is 17.3. The number of pyridine rings is 1. The van der Waals surface area contributed by atoms with Crippen molar-refractivity contribution in [3.05, 3.63) is 41.7 Å². The van der Waals surface area contributed by atoms with E-state index in [0.717, 1.165) is 6.54 Å². The van der Waals surface area contributed by atoms with E-state index in [4.69, 9.17) is 0 Å². The lowest BCUT2D eigenvalue weighted by atomic mass is 10.0. The van der Waals surface area contributed by atoms with E-state index >= 15 is 0 Å². The number of aromatic nitrogens is 1. The second-order valence-corrected chi connectivity index (χ2v) is 8.88. The van der Waals surface area contributed by atoms with Crippen LogP contribution in [0.2, 0.25) is 0 Å². The first kappa shape index (κ1) is 17.1. The van der Waals surface area contributed by atoms with Crippen LogP contribution in [0.15, 0.2) is 36.2 Å². The molecule has 7 heteroatoms. The number of carbonyl (C=O) groups is 1. The lowest BCUT2D eigenvalue weighted by Gasteiger charge is -2.43. The third-order valence-corrected chi connectivity index (χ3v) is 6.41. The fraction of sp³-hybridized carbons (Fsp3) is 0.529. The molecule has 0 spiro atoms. The van der Waals surface area contributed by atoms with Gasteiger partial charge in [-0.15, -0.1) is 0 Å². The van der Waals surface area contributed by atoms with Crippen molar-refractivity contribution in [1.29, 1.82) is 0 Å². The van der Waals surface area contributed by atoms with Crippen molar-refractivity contribution >= 4 is 15.7 Å². The summed E-state index contributed by atoms with van der Waals surface area (Å²) in [7, 11) is -3.12. The molecule has 24 heavy (non-hydrogen) atoms. The maximum Gasteiger partial charge on any atom is 0.254 e. The van der Waals surface area contributed by atoms with Gasteiger partial charge >= 0.3 is 0 Å². The molecule has 1 aromatic rings. The Morgan fingerprint density at radius 1 is 1.21 bits per heavy atom. The van der Waals surface area contributed by atoms with Crippen molar-refractivity contribution in [1.82, 2.24) is 14.8 Å². The van der Waals surface area contributed by atoms with E-state index in [9.17, 15) is 13.2 Å². The fourth-order valence-corrected chi connectivity index (χ4v) is 5.48. The first-order chi connectivity index (χ1) is 11.4.